The highest BCUT2D eigenvalue weighted by Crippen LogP contribution is 2.28. The van der Waals surface area contributed by atoms with Gasteiger partial charge in [-0.15, -0.1) is 0 Å². The lowest BCUT2D eigenvalue weighted by Crippen LogP contribution is -2.38. The number of aliphatic imine (C=N–C) groups is 1. The van der Waals surface area contributed by atoms with Crippen LogP contribution in [0.1, 0.15) is 16.1 Å². The molecule has 36 heavy (non-hydrogen) atoms. The highest BCUT2D eigenvalue weighted by molar-refractivity contribution is 6.10. The van der Waals surface area contributed by atoms with Crippen LogP contribution in [0.5, 0.6) is 0 Å². The lowest BCUT2D eigenvalue weighted by molar-refractivity contribution is 0.102. The molecule has 5 rings (SSSR count). The molecule has 0 aliphatic carbocycles. The van der Waals surface area contributed by atoms with Crippen molar-refractivity contribution in [1.82, 2.24) is 15.0 Å². The van der Waals surface area contributed by atoms with E-state index in [1.165, 1.54) is 6.20 Å². The van der Waals surface area contributed by atoms with E-state index in [4.69, 9.17) is 24.6 Å². The Morgan fingerprint density at radius 2 is 1.78 bits per heavy atom. The van der Waals surface area contributed by atoms with E-state index < -0.39 is 0 Å². The number of hydrogen-bond acceptors (Lipinski definition) is 11. The standard InChI is InChI=1S/C24H28N8O4/c1-26-15-16(14-25)18-3-2-4-20(27-18)28-23(33)17-13-19-21(29-22(17)31-5-9-34-10-6-31)30-24(36-19)32-7-11-35-12-8-32/h2-4,13-15H,5-12,25H2,1H3,(H,27,28,33). The van der Waals surface area contributed by atoms with Gasteiger partial charge in [-0.25, -0.2) is 9.97 Å². The molecule has 2 aliphatic heterocycles. The normalized spacial score (nSPS) is 17.2. The molecule has 0 radical (unpaired) electrons. The summed E-state index contributed by atoms with van der Waals surface area (Å²) in [6, 6.07) is 7.46. The number of aromatic nitrogens is 3. The van der Waals surface area contributed by atoms with Crippen LogP contribution >= 0.6 is 0 Å². The second-order valence-electron chi connectivity index (χ2n) is 8.25. The number of nitrogens with zero attached hydrogens (tertiary/aromatic N) is 6. The summed E-state index contributed by atoms with van der Waals surface area (Å²) in [6.07, 6.45) is 3.03. The predicted molar refractivity (Wildman–Crippen MR) is 137 cm³/mol. The second kappa shape index (κ2) is 10.7. The summed E-state index contributed by atoms with van der Waals surface area (Å²) < 4.78 is 16.9. The summed E-state index contributed by atoms with van der Waals surface area (Å²) in [6.45, 7) is 4.90. The van der Waals surface area contributed by atoms with Crippen molar-refractivity contribution in [3.63, 3.8) is 0 Å². The number of nitrogens with one attached hydrogen (secondary N) is 1. The number of hydrogen-bond donors (Lipinski definition) is 2. The molecule has 0 aromatic carbocycles. The van der Waals surface area contributed by atoms with Gasteiger partial charge in [0.15, 0.2) is 5.58 Å². The number of amides is 1. The van der Waals surface area contributed by atoms with Crippen LogP contribution in [0.2, 0.25) is 0 Å². The number of pyridine rings is 2. The number of carbonyl (C=O) groups excluding carboxylic acids is 1. The average Bonchev–Trinajstić information content (AvgIpc) is 3.35. The van der Waals surface area contributed by atoms with E-state index in [2.05, 4.69) is 20.3 Å². The molecule has 0 saturated carbocycles. The van der Waals surface area contributed by atoms with Gasteiger partial charge in [0.25, 0.3) is 11.9 Å². The monoisotopic (exact) mass is 492 g/mol. The van der Waals surface area contributed by atoms with E-state index in [9.17, 15) is 4.79 Å². The van der Waals surface area contributed by atoms with Gasteiger partial charge < -0.3 is 34.7 Å². The number of ether oxygens (including phenoxy) is 2. The van der Waals surface area contributed by atoms with Gasteiger partial charge in [-0.2, -0.15) is 4.98 Å². The van der Waals surface area contributed by atoms with E-state index in [1.54, 1.807) is 37.5 Å². The number of allylic oxidation sites excluding steroid dienone is 1. The Morgan fingerprint density at radius 3 is 2.47 bits per heavy atom. The Bertz CT molecular complexity index is 1290. The fraction of sp³-hybridized carbons (Fsp3) is 0.375. The maximum Gasteiger partial charge on any atom is 0.300 e. The van der Waals surface area contributed by atoms with Gasteiger partial charge in [-0.1, -0.05) is 6.07 Å². The molecule has 3 aromatic heterocycles. The van der Waals surface area contributed by atoms with Crippen LogP contribution in [0.4, 0.5) is 17.7 Å². The molecule has 0 atom stereocenters. The average molecular weight is 493 g/mol. The first kappa shape index (κ1) is 23.7. The molecule has 0 spiro atoms. The molecule has 12 nitrogen and oxygen atoms in total. The van der Waals surface area contributed by atoms with Crippen molar-refractivity contribution >= 4 is 46.6 Å². The van der Waals surface area contributed by atoms with Gasteiger partial charge in [-0.3, -0.25) is 9.79 Å². The molecular formula is C24H28N8O4. The third-order valence-electron chi connectivity index (χ3n) is 5.92. The van der Waals surface area contributed by atoms with Crippen LogP contribution in [-0.2, 0) is 9.47 Å². The van der Waals surface area contributed by atoms with Crippen LogP contribution in [0.15, 0.2) is 39.9 Å². The molecule has 3 aromatic rings. The Balaban J connectivity index is 1.49. The molecule has 1 amide bonds. The Morgan fingerprint density at radius 1 is 1.06 bits per heavy atom. The largest absolute Gasteiger partial charge is 0.422 e. The fourth-order valence-corrected chi connectivity index (χ4v) is 4.10. The Hall–Kier alpha value is -4.03. The van der Waals surface area contributed by atoms with E-state index in [-0.39, 0.29) is 5.91 Å². The minimum Gasteiger partial charge on any atom is -0.422 e. The SMILES string of the molecule is CN=CC(=CN)c1cccc(NC(=O)c2cc3oc(N4CCOCC4)nc3nc2N2CCOCC2)n1. The highest BCUT2D eigenvalue weighted by atomic mass is 16.5. The topological polar surface area (TPSA) is 144 Å². The molecule has 12 heteroatoms. The lowest BCUT2D eigenvalue weighted by Gasteiger charge is -2.29. The first-order valence-corrected chi connectivity index (χ1v) is 11.8. The summed E-state index contributed by atoms with van der Waals surface area (Å²) in [4.78, 5) is 35.4. The molecular weight excluding hydrogens is 464 g/mol. The van der Waals surface area contributed by atoms with Crippen molar-refractivity contribution in [2.24, 2.45) is 10.7 Å². The zero-order valence-corrected chi connectivity index (χ0v) is 20.0. The quantitative estimate of drug-likeness (QED) is 0.486. The third kappa shape index (κ3) is 4.99. The molecule has 3 N–H and O–H groups in total. The second-order valence-corrected chi connectivity index (χ2v) is 8.25. The number of carbonyl (C=O) groups is 1. The van der Waals surface area contributed by atoms with Gasteiger partial charge in [0.2, 0.25) is 5.65 Å². The highest BCUT2D eigenvalue weighted by Gasteiger charge is 2.25. The van der Waals surface area contributed by atoms with E-state index >= 15 is 0 Å². The van der Waals surface area contributed by atoms with Crippen molar-refractivity contribution in [2.75, 3.05) is 74.8 Å². The number of rotatable bonds is 6. The van der Waals surface area contributed by atoms with Crippen LogP contribution in [0.25, 0.3) is 16.8 Å². The summed E-state index contributed by atoms with van der Waals surface area (Å²) in [5, 5.41) is 2.88. The molecule has 2 aliphatic rings. The van der Waals surface area contributed by atoms with Gasteiger partial charge in [0.1, 0.15) is 11.6 Å². The van der Waals surface area contributed by atoms with Crippen molar-refractivity contribution in [3.05, 3.63) is 41.7 Å². The molecule has 2 saturated heterocycles. The lowest BCUT2D eigenvalue weighted by atomic mass is 10.2. The van der Waals surface area contributed by atoms with Crippen LogP contribution in [-0.4, -0.2) is 86.7 Å². The summed E-state index contributed by atoms with van der Waals surface area (Å²) in [7, 11) is 1.65. The maximum absolute atomic E-state index is 13.5. The van der Waals surface area contributed by atoms with E-state index in [1.807, 2.05) is 9.80 Å². The first-order chi connectivity index (χ1) is 17.7. The van der Waals surface area contributed by atoms with Gasteiger partial charge in [0.05, 0.1) is 37.7 Å². The number of nitrogens with two attached hydrogens (primary N) is 1. The molecule has 0 unspecified atom stereocenters. The predicted octanol–water partition coefficient (Wildman–Crippen LogP) is 1.54. The summed E-state index contributed by atoms with van der Waals surface area (Å²) in [5.41, 5.74) is 8.20. The fourth-order valence-electron chi connectivity index (χ4n) is 4.10. The van der Waals surface area contributed by atoms with Crippen LogP contribution in [0.3, 0.4) is 0 Å². The minimum absolute atomic E-state index is 0.359. The molecule has 0 bridgehead atoms. The number of morpholine rings is 2. The molecule has 5 heterocycles. The number of oxazole rings is 1. The van der Waals surface area contributed by atoms with Gasteiger partial charge in [-0.05, 0) is 12.1 Å². The Labute approximate surface area is 207 Å². The van der Waals surface area contributed by atoms with Crippen molar-refractivity contribution < 1.29 is 18.7 Å². The Kier molecular flexibility index (Phi) is 7.05. The van der Waals surface area contributed by atoms with E-state index in [0.29, 0.717) is 98.3 Å². The minimum atomic E-state index is -0.359. The number of fused-ring (bicyclic) bond motifs is 1. The van der Waals surface area contributed by atoms with E-state index in [0.717, 1.165) is 0 Å². The first-order valence-electron chi connectivity index (χ1n) is 11.8. The van der Waals surface area contributed by atoms with Crippen LogP contribution in [0, 0.1) is 0 Å². The van der Waals surface area contributed by atoms with Gasteiger partial charge >= 0.3 is 0 Å². The van der Waals surface area contributed by atoms with Crippen molar-refractivity contribution in [1.29, 1.82) is 0 Å². The van der Waals surface area contributed by atoms with Crippen molar-refractivity contribution in [3.8, 4) is 0 Å². The molecule has 2 fully saturated rings. The summed E-state index contributed by atoms with van der Waals surface area (Å²) in [5.74, 6) is 0.546. The summed E-state index contributed by atoms with van der Waals surface area (Å²) >= 11 is 0. The third-order valence-corrected chi connectivity index (χ3v) is 5.92. The molecule has 188 valence electrons. The zero-order valence-electron chi connectivity index (χ0n) is 20.0. The smallest absolute Gasteiger partial charge is 0.300 e. The zero-order chi connectivity index (χ0) is 24.9. The number of anilines is 3. The van der Waals surface area contributed by atoms with Gasteiger partial charge in [0, 0.05) is 57.3 Å². The maximum atomic E-state index is 13.5. The van der Waals surface area contributed by atoms with Crippen LogP contribution < -0.4 is 20.9 Å². The van der Waals surface area contributed by atoms with Crippen molar-refractivity contribution in [2.45, 2.75) is 0 Å².